The van der Waals surface area contributed by atoms with Gasteiger partial charge in [-0.2, -0.15) is 0 Å². The molecule has 1 heterocycles. The molecule has 0 bridgehead atoms. The van der Waals surface area contributed by atoms with Gasteiger partial charge in [-0.1, -0.05) is 31.4 Å². The highest BCUT2D eigenvalue weighted by molar-refractivity contribution is 5.00. The summed E-state index contributed by atoms with van der Waals surface area (Å²) in [5.41, 5.74) is 1.57. The van der Waals surface area contributed by atoms with Crippen molar-refractivity contribution in [1.29, 1.82) is 0 Å². The largest absolute Gasteiger partial charge is 0.316 e. The zero-order valence-corrected chi connectivity index (χ0v) is 11.8. The van der Waals surface area contributed by atoms with E-state index in [-0.39, 0.29) is 0 Å². The molecule has 1 N–H and O–H groups in total. The van der Waals surface area contributed by atoms with E-state index in [9.17, 15) is 0 Å². The molecule has 1 aromatic heterocycles. The van der Waals surface area contributed by atoms with Crippen LogP contribution in [-0.2, 0) is 13.5 Å². The second-order valence-electron chi connectivity index (χ2n) is 5.80. The minimum Gasteiger partial charge on any atom is -0.316 e. The summed E-state index contributed by atoms with van der Waals surface area (Å²) in [5, 5.41) is 11.9. The van der Waals surface area contributed by atoms with Gasteiger partial charge in [0.15, 0.2) is 0 Å². The van der Waals surface area contributed by atoms with E-state index >= 15 is 0 Å². The summed E-state index contributed by atoms with van der Waals surface area (Å²) in [4.78, 5) is 0. The fourth-order valence-corrected chi connectivity index (χ4v) is 3.11. The molecule has 4 heteroatoms. The summed E-state index contributed by atoms with van der Waals surface area (Å²) >= 11 is 0. The van der Waals surface area contributed by atoms with Gasteiger partial charge in [0, 0.05) is 19.8 Å². The first kappa shape index (κ1) is 13.5. The zero-order chi connectivity index (χ0) is 12.8. The zero-order valence-electron chi connectivity index (χ0n) is 11.8. The topological polar surface area (TPSA) is 42.7 Å². The van der Waals surface area contributed by atoms with E-state index in [0.717, 1.165) is 25.2 Å². The monoisotopic (exact) mass is 250 g/mol. The van der Waals surface area contributed by atoms with E-state index in [1.165, 1.54) is 38.5 Å². The van der Waals surface area contributed by atoms with E-state index in [1.807, 2.05) is 11.7 Å². The molecule has 0 amide bonds. The van der Waals surface area contributed by atoms with Crippen LogP contribution in [0.25, 0.3) is 0 Å². The predicted molar refractivity (Wildman–Crippen MR) is 73.4 cm³/mol. The van der Waals surface area contributed by atoms with Crippen molar-refractivity contribution in [2.75, 3.05) is 13.1 Å². The van der Waals surface area contributed by atoms with Crippen LogP contribution in [0.3, 0.4) is 0 Å². The van der Waals surface area contributed by atoms with Crippen molar-refractivity contribution in [2.45, 2.75) is 51.9 Å². The first-order valence-corrected chi connectivity index (χ1v) is 7.30. The quantitative estimate of drug-likeness (QED) is 0.788. The highest BCUT2D eigenvalue weighted by atomic mass is 15.4. The van der Waals surface area contributed by atoms with Gasteiger partial charge in [-0.05, 0) is 37.6 Å². The first-order chi connectivity index (χ1) is 8.74. The van der Waals surface area contributed by atoms with Crippen LogP contribution in [-0.4, -0.2) is 28.1 Å². The molecule has 1 aliphatic carbocycles. The maximum atomic E-state index is 4.27. The predicted octanol–water partition coefficient (Wildman–Crippen LogP) is 2.31. The Morgan fingerprint density at radius 1 is 1.33 bits per heavy atom. The molecule has 0 radical (unpaired) electrons. The molecule has 0 atom stereocenters. The van der Waals surface area contributed by atoms with Crippen molar-refractivity contribution in [3.8, 4) is 0 Å². The van der Waals surface area contributed by atoms with Crippen LogP contribution in [0.15, 0.2) is 6.20 Å². The molecule has 1 fully saturated rings. The first-order valence-electron chi connectivity index (χ1n) is 7.30. The SMILES string of the molecule is CCCNCC1(Cc2cn(C)nn2)CCCCC1. The second-order valence-corrected chi connectivity index (χ2v) is 5.80. The summed E-state index contributed by atoms with van der Waals surface area (Å²) in [6.07, 6.45) is 11.2. The third-order valence-electron chi connectivity index (χ3n) is 4.05. The molecule has 1 saturated carbocycles. The lowest BCUT2D eigenvalue weighted by atomic mass is 9.71. The third kappa shape index (κ3) is 3.55. The van der Waals surface area contributed by atoms with E-state index in [4.69, 9.17) is 0 Å². The molecule has 1 aliphatic rings. The Bertz CT molecular complexity index is 352. The van der Waals surface area contributed by atoms with Crippen LogP contribution in [0.1, 0.15) is 51.1 Å². The number of hydrogen-bond acceptors (Lipinski definition) is 3. The molecule has 0 saturated heterocycles. The minimum absolute atomic E-state index is 0.420. The Morgan fingerprint density at radius 3 is 2.72 bits per heavy atom. The minimum atomic E-state index is 0.420. The van der Waals surface area contributed by atoms with Crippen molar-refractivity contribution in [2.24, 2.45) is 12.5 Å². The maximum absolute atomic E-state index is 4.27. The molecule has 1 aromatic rings. The van der Waals surface area contributed by atoms with Gasteiger partial charge in [-0.15, -0.1) is 5.10 Å². The standard InChI is InChI=1S/C14H26N4/c1-3-9-15-12-14(7-5-4-6-8-14)10-13-11-18(2)17-16-13/h11,15H,3-10,12H2,1-2H3. The molecule has 0 unspecified atom stereocenters. The summed E-state index contributed by atoms with van der Waals surface area (Å²) < 4.78 is 1.81. The molecule has 2 rings (SSSR count). The summed E-state index contributed by atoms with van der Waals surface area (Å²) in [6.45, 7) is 4.49. The van der Waals surface area contributed by atoms with Crippen LogP contribution in [0.2, 0.25) is 0 Å². The van der Waals surface area contributed by atoms with Crippen molar-refractivity contribution >= 4 is 0 Å². The Kier molecular flexibility index (Phi) is 4.75. The Labute approximate surface area is 110 Å². The van der Waals surface area contributed by atoms with Crippen LogP contribution in [0, 0.1) is 5.41 Å². The molecule has 0 spiro atoms. The van der Waals surface area contributed by atoms with Gasteiger partial charge in [0.1, 0.15) is 0 Å². The van der Waals surface area contributed by atoms with Gasteiger partial charge in [0.25, 0.3) is 0 Å². The number of nitrogens with one attached hydrogen (secondary N) is 1. The second kappa shape index (κ2) is 6.32. The summed E-state index contributed by atoms with van der Waals surface area (Å²) in [5.74, 6) is 0. The average molecular weight is 250 g/mol. The molecule has 18 heavy (non-hydrogen) atoms. The van der Waals surface area contributed by atoms with Gasteiger partial charge >= 0.3 is 0 Å². The average Bonchev–Trinajstić information content (AvgIpc) is 2.76. The maximum Gasteiger partial charge on any atom is 0.0833 e. The van der Waals surface area contributed by atoms with E-state index < -0.39 is 0 Å². The number of rotatable bonds is 6. The van der Waals surface area contributed by atoms with Gasteiger partial charge in [0.2, 0.25) is 0 Å². The molecule has 0 aromatic carbocycles. The van der Waals surface area contributed by atoms with Gasteiger partial charge in [0.05, 0.1) is 5.69 Å². The van der Waals surface area contributed by atoms with Crippen molar-refractivity contribution in [3.63, 3.8) is 0 Å². The van der Waals surface area contributed by atoms with E-state index in [1.54, 1.807) is 0 Å². The molecular weight excluding hydrogens is 224 g/mol. The lowest BCUT2D eigenvalue weighted by Gasteiger charge is -2.37. The number of nitrogens with zero attached hydrogens (tertiary/aromatic N) is 3. The van der Waals surface area contributed by atoms with Crippen LogP contribution < -0.4 is 5.32 Å². The fourth-order valence-electron chi connectivity index (χ4n) is 3.11. The van der Waals surface area contributed by atoms with Crippen molar-refractivity contribution < 1.29 is 0 Å². The molecule has 0 aliphatic heterocycles. The highest BCUT2D eigenvalue weighted by Gasteiger charge is 2.32. The number of aromatic nitrogens is 3. The van der Waals surface area contributed by atoms with Gasteiger partial charge in [-0.3, -0.25) is 4.68 Å². The fraction of sp³-hybridized carbons (Fsp3) is 0.857. The Morgan fingerprint density at radius 2 is 2.11 bits per heavy atom. The van der Waals surface area contributed by atoms with Crippen LogP contribution in [0.5, 0.6) is 0 Å². The van der Waals surface area contributed by atoms with E-state index in [2.05, 4.69) is 28.7 Å². The molecule has 102 valence electrons. The Hall–Kier alpha value is -0.900. The van der Waals surface area contributed by atoms with Crippen molar-refractivity contribution in [3.05, 3.63) is 11.9 Å². The van der Waals surface area contributed by atoms with Gasteiger partial charge in [-0.25, -0.2) is 0 Å². The third-order valence-corrected chi connectivity index (χ3v) is 4.05. The van der Waals surface area contributed by atoms with E-state index in [0.29, 0.717) is 5.41 Å². The van der Waals surface area contributed by atoms with Crippen molar-refractivity contribution in [1.82, 2.24) is 20.3 Å². The smallest absolute Gasteiger partial charge is 0.0833 e. The summed E-state index contributed by atoms with van der Waals surface area (Å²) in [6, 6.07) is 0. The van der Waals surface area contributed by atoms with Crippen LogP contribution >= 0.6 is 0 Å². The normalized spacial score (nSPS) is 19.0. The lowest BCUT2D eigenvalue weighted by molar-refractivity contribution is 0.179. The molecule has 4 nitrogen and oxygen atoms in total. The highest BCUT2D eigenvalue weighted by Crippen LogP contribution is 2.38. The molecular formula is C14H26N4. The number of hydrogen-bond donors (Lipinski definition) is 1. The summed E-state index contributed by atoms with van der Waals surface area (Å²) in [7, 11) is 1.94. The Balaban J connectivity index is 1.99. The number of aryl methyl sites for hydroxylation is 1. The lowest BCUT2D eigenvalue weighted by Crippen LogP contribution is -2.38. The van der Waals surface area contributed by atoms with Gasteiger partial charge < -0.3 is 5.32 Å². The van der Waals surface area contributed by atoms with Crippen LogP contribution in [0.4, 0.5) is 0 Å².